The predicted molar refractivity (Wildman–Crippen MR) is 75.0 cm³/mol. The zero-order chi connectivity index (χ0) is 15.6. The van der Waals surface area contributed by atoms with E-state index in [1.54, 1.807) is 18.2 Å². The van der Waals surface area contributed by atoms with Crippen molar-refractivity contribution >= 4 is 21.4 Å². The molecule has 0 fully saturated rings. The summed E-state index contributed by atoms with van der Waals surface area (Å²) in [6.45, 7) is 1.37. The zero-order valence-corrected chi connectivity index (χ0v) is 11.7. The first-order valence-electron chi connectivity index (χ1n) is 5.83. The summed E-state index contributed by atoms with van der Waals surface area (Å²) in [6.07, 6.45) is 0. The number of nitro benzene ring substituents is 1. The molecule has 2 aromatic rings. The summed E-state index contributed by atoms with van der Waals surface area (Å²) >= 11 is 0. The van der Waals surface area contributed by atoms with Crippen molar-refractivity contribution in [2.24, 2.45) is 0 Å². The molecule has 0 saturated carbocycles. The number of para-hydroxylation sites is 1. The highest BCUT2D eigenvalue weighted by Gasteiger charge is 2.24. The van der Waals surface area contributed by atoms with Crippen LogP contribution in [0.3, 0.4) is 0 Å². The quantitative estimate of drug-likeness (QED) is 0.694. The fraction of sp³-hybridized carbons (Fsp3) is 0.0769. The first kappa shape index (κ1) is 14.9. The lowest BCUT2D eigenvalue weighted by Crippen LogP contribution is -2.15. The Kier molecular flexibility index (Phi) is 3.90. The molecule has 8 heteroatoms. The van der Waals surface area contributed by atoms with Crippen molar-refractivity contribution in [2.75, 3.05) is 4.72 Å². The van der Waals surface area contributed by atoms with E-state index in [-0.39, 0.29) is 10.5 Å². The van der Waals surface area contributed by atoms with Crippen molar-refractivity contribution in [3.05, 3.63) is 64.0 Å². The van der Waals surface area contributed by atoms with Crippen molar-refractivity contribution in [3.63, 3.8) is 0 Å². The van der Waals surface area contributed by atoms with Crippen LogP contribution >= 0.6 is 0 Å². The molecule has 2 aromatic carbocycles. The van der Waals surface area contributed by atoms with E-state index in [1.165, 1.54) is 19.1 Å². The van der Waals surface area contributed by atoms with Crippen molar-refractivity contribution < 1.29 is 17.7 Å². The topological polar surface area (TPSA) is 89.3 Å². The minimum atomic E-state index is -4.04. The molecule has 0 bridgehead atoms. The number of nitro groups is 1. The van der Waals surface area contributed by atoms with Crippen molar-refractivity contribution in [3.8, 4) is 0 Å². The third-order valence-electron chi connectivity index (χ3n) is 2.76. The fourth-order valence-electron chi connectivity index (χ4n) is 1.79. The second-order valence-electron chi connectivity index (χ2n) is 4.30. The maximum absolute atomic E-state index is 13.4. The smallest absolute Gasteiger partial charge is 0.280 e. The van der Waals surface area contributed by atoms with Gasteiger partial charge in [0.2, 0.25) is 5.82 Å². The second-order valence-corrected chi connectivity index (χ2v) is 5.95. The number of anilines is 1. The Balaban J connectivity index is 2.50. The number of rotatable bonds is 4. The molecule has 0 amide bonds. The summed E-state index contributed by atoms with van der Waals surface area (Å²) in [7, 11) is -4.04. The molecule has 0 aromatic heterocycles. The summed E-state index contributed by atoms with van der Waals surface area (Å²) in [5, 5.41) is 10.7. The van der Waals surface area contributed by atoms with E-state index < -0.39 is 26.5 Å². The van der Waals surface area contributed by atoms with Gasteiger partial charge in [-0.25, -0.2) is 8.42 Å². The number of aryl methyl sites for hydroxylation is 1. The van der Waals surface area contributed by atoms with Crippen LogP contribution in [0.15, 0.2) is 47.4 Å². The number of nitrogens with zero attached hydrogens (tertiary/aromatic N) is 1. The van der Waals surface area contributed by atoms with Crippen molar-refractivity contribution in [1.82, 2.24) is 0 Å². The van der Waals surface area contributed by atoms with Gasteiger partial charge in [-0.2, -0.15) is 4.39 Å². The largest absolute Gasteiger partial charge is 0.306 e. The number of nitrogens with one attached hydrogen (secondary N) is 1. The molecule has 0 aliphatic carbocycles. The van der Waals surface area contributed by atoms with E-state index in [4.69, 9.17) is 0 Å². The molecular weight excluding hydrogens is 299 g/mol. The molecule has 0 saturated heterocycles. The SMILES string of the molecule is Cc1cc(F)c([N+](=O)[O-])cc1S(=O)(=O)Nc1ccccc1. The zero-order valence-electron chi connectivity index (χ0n) is 10.9. The Morgan fingerprint density at radius 3 is 2.38 bits per heavy atom. The number of sulfonamides is 1. The number of benzene rings is 2. The highest BCUT2D eigenvalue weighted by molar-refractivity contribution is 7.92. The highest BCUT2D eigenvalue weighted by atomic mass is 32.2. The Morgan fingerprint density at radius 1 is 1.19 bits per heavy atom. The van der Waals surface area contributed by atoms with Gasteiger partial charge in [0.25, 0.3) is 10.0 Å². The summed E-state index contributed by atoms with van der Waals surface area (Å²) in [5.41, 5.74) is -0.487. The van der Waals surface area contributed by atoms with E-state index in [2.05, 4.69) is 4.72 Å². The molecule has 1 N–H and O–H groups in total. The number of hydrogen-bond acceptors (Lipinski definition) is 4. The molecular formula is C13H11FN2O4S. The molecule has 0 atom stereocenters. The summed E-state index contributed by atoms with van der Waals surface area (Å²) < 4.78 is 40.2. The van der Waals surface area contributed by atoms with Crippen LogP contribution < -0.4 is 4.72 Å². The molecule has 6 nitrogen and oxygen atoms in total. The molecule has 110 valence electrons. The summed E-state index contributed by atoms with van der Waals surface area (Å²) in [5.74, 6) is -1.07. The van der Waals surface area contributed by atoms with Gasteiger partial charge in [0.15, 0.2) is 0 Å². The number of halogens is 1. The van der Waals surface area contributed by atoms with E-state index in [1.807, 2.05) is 0 Å². The molecule has 0 spiro atoms. The van der Waals surface area contributed by atoms with Gasteiger partial charge in [0.1, 0.15) is 0 Å². The first-order chi connectivity index (χ1) is 9.81. The van der Waals surface area contributed by atoms with Gasteiger partial charge in [-0.3, -0.25) is 14.8 Å². The Hall–Kier alpha value is -2.48. The Bertz CT molecular complexity index is 791. The molecule has 0 radical (unpaired) electrons. The minimum Gasteiger partial charge on any atom is -0.280 e. The van der Waals surface area contributed by atoms with Crippen molar-refractivity contribution in [1.29, 1.82) is 0 Å². The van der Waals surface area contributed by atoms with E-state index >= 15 is 0 Å². The average molecular weight is 310 g/mol. The van der Waals surface area contributed by atoms with Gasteiger partial charge in [0.05, 0.1) is 9.82 Å². The Morgan fingerprint density at radius 2 is 1.81 bits per heavy atom. The lowest BCUT2D eigenvalue weighted by molar-refractivity contribution is -0.387. The van der Waals surface area contributed by atoms with Crippen molar-refractivity contribution in [2.45, 2.75) is 11.8 Å². The molecule has 0 aliphatic rings. The van der Waals surface area contributed by atoms with Crippen LogP contribution in [-0.2, 0) is 10.0 Å². The molecule has 0 heterocycles. The highest BCUT2D eigenvalue weighted by Crippen LogP contribution is 2.26. The van der Waals surface area contributed by atoms with E-state index in [9.17, 15) is 22.9 Å². The molecule has 2 rings (SSSR count). The molecule has 0 aliphatic heterocycles. The van der Waals surface area contributed by atoms with Crippen LogP contribution in [0.2, 0.25) is 0 Å². The predicted octanol–water partition coefficient (Wildman–Crippen LogP) is 2.84. The van der Waals surface area contributed by atoms with Crippen LogP contribution in [0.4, 0.5) is 15.8 Å². The average Bonchev–Trinajstić information content (AvgIpc) is 2.38. The number of hydrogen-bond donors (Lipinski definition) is 1. The van der Waals surface area contributed by atoms with Gasteiger partial charge < -0.3 is 0 Å². The normalized spacial score (nSPS) is 11.1. The van der Waals surface area contributed by atoms with Crippen LogP contribution in [0.1, 0.15) is 5.56 Å². The van der Waals surface area contributed by atoms with Gasteiger partial charge >= 0.3 is 5.69 Å². The Labute approximate surface area is 120 Å². The first-order valence-corrected chi connectivity index (χ1v) is 7.32. The third kappa shape index (κ3) is 3.16. The maximum Gasteiger partial charge on any atom is 0.306 e. The maximum atomic E-state index is 13.4. The van der Waals surface area contributed by atoms with Crippen LogP contribution in [-0.4, -0.2) is 13.3 Å². The lowest BCUT2D eigenvalue weighted by atomic mass is 10.2. The van der Waals surface area contributed by atoms with Crippen LogP contribution in [0.25, 0.3) is 0 Å². The lowest BCUT2D eigenvalue weighted by Gasteiger charge is -2.10. The van der Waals surface area contributed by atoms with Gasteiger partial charge in [-0.15, -0.1) is 0 Å². The second kappa shape index (κ2) is 5.49. The standard InChI is InChI=1S/C13H11FN2O4S/c1-9-7-11(14)12(16(17)18)8-13(9)21(19,20)15-10-5-3-2-4-6-10/h2-8,15H,1H3. The monoisotopic (exact) mass is 310 g/mol. The van der Waals surface area contributed by atoms with Crippen LogP contribution in [0.5, 0.6) is 0 Å². The van der Waals surface area contributed by atoms with Gasteiger partial charge in [-0.1, -0.05) is 18.2 Å². The van der Waals surface area contributed by atoms with Crippen LogP contribution in [0, 0.1) is 22.9 Å². The molecule has 0 unspecified atom stereocenters. The van der Waals surface area contributed by atoms with Gasteiger partial charge in [-0.05, 0) is 30.7 Å². The minimum absolute atomic E-state index is 0.0848. The summed E-state index contributed by atoms with van der Waals surface area (Å²) in [6, 6.07) is 9.60. The third-order valence-corrected chi connectivity index (χ3v) is 4.28. The van der Waals surface area contributed by atoms with E-state index in [0.717, 1.165) is 12.1 Å². The summed E-state index contributed by atoms with van der Waals surface area (Å²) in [4.78, 5) is 9.43. The van der Waals surface area contributed by atoms with E-state index in [0.29, 0.717) is 5.69 Å². The molecule has 21 heavy (non-hydrogen) atoms. The van der Waals surface area contributed by atoms with Gasteiger partial charge in [0, 0.05) is 11.8 Å². The fourth-order valence-corrected chi connectivity index (χ4v) is 3.09.